The maximum atomic E-state index is 12.1. The third kappa shape index (κ3) is 5.11. The van der Waals surface area contributed by atoms with Crippen LogP contribution in [0.3, 0.4) is 0 Å². The van der Waals surface area contributed by atoms with E-state index in [1.54, 1.807) is 37.3 Å². The molecular weight excluding hydrogens is 392 g/mol. The van der Waals surface area contributed by atoms with Crippen molar-refractivity contribution in [3.05, 3.63) is 92.2 Å². The fraction of sp³-hybridized carbons (Fsp3) is 0.0500. The molecule has 0 saturated heterocycles. The number of hydrazone groups is 1. The second-order valence-electron chi connectivity index (χ2n) is 5.95. The van der Waals surface area contributed by atoms with Gasteiger partial charge >= 0.3 is 0 Å². The summed E-state index contributed by atoms with van der Waals surface area (Å²) >= 11 is 1.36. The largest absolute Gasteiger partial charge is 0.321 e. The van der Waals surface area contributed by atoms with Crippen LogP contribution in [0.25, 0.3) is 0 Å². The Hall–Kier alpha value is -3.85. The summed E-state index contributed by atoms with van der Waals surface area (Å²) in [6.45, 7) is 1.73. The molecule has 2 N–H and O–H groups in total. The second kappa shape index (κ2) is 8.89. The van der Waals surface area contributed by atoms with Crippen molar-refractivity contribution in [2.75, 3.05) is 5.32 Å². The van der Waals surface area contributed by atoms with Crippen molar-refractivity contribution in [2.24, 2.45) is 5.10 Å². The van der Waals surface area contributed by atoms with Crippen molar-refractivity contribution in [3.63, 3.8) is 0 Å². The quantitative estimate of drug-likeness (QED) is 0.364. The normalized spacial score (nSPS) is 11.0. The minimum atomic E-state index is -0.531. The number of carbonyl (C=O) groups is 2. The van der Waals surface area contributed by atoms with Gasteiger partial charge in [-0.2, -0.15) is 5.10 Å². The molecule has 1 heterocycles. The Balaban J connectivity index is 1.61. The molecule has 0 spiro atoms. The van der Waals surface area contributed by atoms with E-state index in [1.165, 1.54) is 35.6 Å². The molecule has 1 aromatic heterocycles. The van der Waals surface area contributed by atoms with E-state index in [4.69, 9.17) is 0 Å². The van der Waals surface area contributed by atoms with Crippen molar-refractivity contribution >= 4 is 40.2 Å². The smallest absolute Gasteiger partial charge is 0.271 e. The highest BCUT2D eigenvalue weighted by Gasteiger charge is 2.10. The molecule has 0 aliphatic heterocycles. The number of amides is 2. The van der Waals surface area contributed by atoms with E-state index in [9.17, 15) is 19.7 Å². The van der Waals surface area contributed by atoms with Crippen molar-refractivity contribution in [1.29, 1.82) is 0 Å². The van der Waals surface area contributed by atoms with Crippen LogP contribution in [-0.2, 0) is 0 Å². The molecule has 8 nitrogen and oxygen atoms in total. The fourth-order valence-corrected chi connectivity index (χ4v) is 3.01. The van der Waals surface area contributed by atoms with Crippen LogP contribution in [0.5, 0.6) is 0 Å². The van der Waals surface area contributed by atoms with Crippen molar-refractivity contribution in [2.45, 2.75) is 6.92 Å². The van der Waals surface area contributed by atoms with Crippen LogP contribution in [0.4, 0.5) is 11.4 Å². The maximum absolute atomic E-state index is 12.1. The number of thiophene rings is 1. The zero-order chi connectivity index (χ0) is 20.8. The molecule has 0 fully saturated rings. The second-order valence-corrected chi connectivity index (χ2v) is 6.90. The lowest BCUT2D eigenvalue weighted by Gasteiger charge is -2.06. The molecule has 0 atom stereocenters. The molecule has 29 heavy (non-hydrogen) atoms. The molecule has 0 saturated carbocycles. The SMILES string of the molecule is C/C(=N\NC(=O)c1ccc([N+](=O)[O-])cc1)c1ccc(NC(=O)c2cccs2)cc1. The summed E-state index contributed by atoms with van der Waals surface area (Å²) in [5.41, 5.74) is 4.58. The van der Waals surface area contributed by atoms with E-state index in [0.717, 1.165) is 5.56 Å². The third-order valence-corrected chi connectivity index (χ3v) is 4.84. The first-order valence-corrected chi connectivity index (χ1v) is 9.36. The first-order valence-electron chi connectivity index (χ1n) is 8.48. The van der Waals surface area contributed by atoms with E-state index >= 15 is 0 Å². The van der Waals surface area contributed by atoms with Gasteiger partial charge in [0.15, 0.2) is 0 Å². The summed E-state index contributed by atoms with van der Waals surface area (Å²) in [7, 11) is 0. The zero-order valence-electron chi connectivity index (χ0n) is 15.3. The molecular formula is C20H16N4O4S. The number of hydrogen-bond donors (Lipinski definition) is 2. The standard InChI is InChI=1S/C20H16N4O4S/c1-13(22-23-19(25)15-6-10-17(11-7-15)24(27)28)14-4-8-16(9-5-14)21-20(26)18-3-2-12-29-18/h2-12H,1H3,(H,21,26)(H,23,25)/b22-13+. The Morgan fingerprint density at radius 1 is 0.966 bits per heavy atom. The van der Waals surface area contributed by atoms with Gasteiger partial charge in [0.1, 0.15) is 0 Å². The van der Waals surface area contributed by atoms with Crippen LogP contribution in [-0.4, -0.2) is 22.4 Å². The number of nitro benzene ring substituents is 1. The number of nitro groups is 1. The minimum Gasteiger partial charge on any atom is -0.321 e. The van der Waals surface area contributed by atoms with Gasteiger partial charge in [-0.05, 0) is 48.2 Å². The Kier molecular flexibility index (Phi) is 6.10. The summed E-state index contributed by atoms with van der Waals surface area (Å²) in [6, 6.07) is 15.9. The molecule has 2 aromatic carbocycles. The number of anilines is 1. The Labute approximate surface area is 170 Å². The van der Waals surface area contributed by atoms with Gasteiger partial charge in [0.2, 0.25) is 0 Å². The first-order chi connectivity index (χ1) is 13.9. The number of carbonyl (C=O) groups excluding carboxylic acids is 2. The minimum absolute atomic E-state index is 0.0903. The van der Waals surface area contributed by atoms with E-state index in [2.05, 4.69) is 15.8 Å². The van der Waals surface area contributed by atoms with E-state index < -0.39 is 10.8 Å². The lowest BCUT2D eigenvalue weighted by molar-refractivity contribution is -0.384. The molecule has 0 aliphatic carbocycles. The van der Waals surface area contributed by atoms with Gasteiger partial charge in [-0.3, -0.25) is 19.7 Å². The van der Waals surface area contributed by atoms with Gasteiger partial charge < -0.3 is 5.32 Å². The summed E-state index contributed by atoms with van der Waals surface area (Å²) < 4.78 is 0. The van der Waals surface area contributed by atoms with Gasteiger partial charge in [0, 0.05) is 23.4 Å². The number of nitrogens with one attached hydrogen (secondary N) is 2. The van der Waals surface area contributed by atoms with E-state index in [0.29, 0.717) is 16.3 Å². The van der Waals surface area contributed by atoms with Crippen LogP contribution in [0.2, 0.25) is 0 Å². The van der Waals surface area contributed by atoms with Crippen molar-refractivity contribution in [3.8, 4) is 0 Å². The fourth-order valence-electron chi connectivity index (χ4n) is 2.39. The van der Waals surface area contributed by atoms with E-state index in [1.807, 2.05) is 11.4 Å². The number of benzene rings is 2. The number of hydrogen-bond acceptors (Lipinski definition) is 6. The number of non-ortho nitro benzene ring substituents is 1. The van der Waals surface area contributed by atoms with Crippen molar-refractivity contribution in [1.82, 2.24) is 5.43 Å². The molecule has 146 valence electrons. The summed E-state index contributed by atoms with van der Waals surface area (Å²) in [5, 5.41) is 19.4. The molecule has 3 rings (SSSR count). The van der Waals surface area contributed by atoms with Gasteiger partial charge in [-0.1, -0.05) is 18.2 Å². The number of rotatable bonds is 6. The predicted octanol–water partition coefficient (Wildman–Crippen LogP) is 4.06. The topological polar surface area (TPSA) is 114 Å². The molecule has 2 amide bonds. The highest BCUT2D eigenvalue weighted by atomic mass is 32.1. The molecule has 0 unspecified atom stereocenters. The highest BCUT2D eigenvalue weighted by Crippen LogP contribution is 2.15. The van der Waals surface area contributed by atoms with Crippen LogP contribution < -0.4 is 10.7 Å². The number of nitrogens with zero attached hydrogens (tertiary/aromatic N) is 2. The maximum Gasteiger partial charge on any atom is 0.271 e. The lowest BCUT2D eigenvalue weighted by atomic mass is 10.1. The molecule has 0 bridgehead atoms. The molecule has 9 heteroatoms. The zero-order valence-corrected chi connectivity index (χ0v) is 16.1. The van der Waals surface area contributed by atoms with Gasteiger partial charge in [-0.25, -0.2) is 5.43 Å². The van der Waals surface area contributed by atoms with Crippen molar-refractivity contribution < 1.29 is 14.5 Å². The Morgan fingerprint density at radius 3 is 2.21 bits per heavy atom. The van der Waals surface area contributed by atoms with Crippen LogP contribution in [0.15, 0.2) is 71.1 Å². The Morgan fingerprint density at radius 2 is 1.62 bits per heavy atom. The van der Waals surface area contributed by atoms with Gasteiger partial charge in [0.25, 0.3) is 17.5 Å². The summed E-state index contributed by atoms with van der Waals surface area (Å²) in [5.74, 6) is -0.646. The average Bonchev–Trinajstić information content (AvgIpc) is 3.27. The lowest BCUT2D eigenvalue weighted by Crippen LogP contribution is -2.19. The summed E-state index contributed by atoms with van der Waals surface area (Å²) in [4.78, 5) is 34.9. The Bertz CT molecular complexity index is 1060. The van der Waals surface area contributed by atoms with Gasteiger partial charge in [0.05, 0.1) is 15.5 Å². The third-order valence-electron chi connectivity index (χ3n) is 3.97. The van der Waals surface area contributed by atoms with Crippen LogP contribution in [0.1, 0.15) is 32.5 Å². The van der Waals surface area contributed by atoms with E-state index in [-0.39, 0.29) is 17.2 Å². The summed E-state index contributed by atoms with van der Waals surface area (Å²) in [6.07, 6.45) is 0. The predicted molar refractivity (Wildman–Crippen MR) is 111 cm³/mol. The van der Waals surface area contributed by atoms with Crippen LogP contribution in [0, 0.1) is 10.1 Å². The first kappa shape index (κ1) is 19.9. The van der Waals surface area contributed by atoms with Gasteiger partial charge in [-0.15, -0.1) is 11.3 Å². The molecule has 0 radical (unpaired) electrons. The molecule has 0 aliphatic rings. The van der Waals surface area contributed by atoms with Crippen LogP contribution >= 0.6 is 11.3 Å². The molecule has 3 aromatic rings. The average molecular weight is 408 g/mol. The highest BCUT2D eigenvalue weighted by molar-refractivity contribution is 7.12. The monoisotopic (exact) mass is 408 g/mol.